The molecule has 1 aliphatic rings. The van der Waals surface area contributed by atoms with Gasteiger partial charge in [-0.2, -0.15) is 0 Å². The van der Waals surface area contributed by atoms with Gasteiger partial charge in [-0.25, -0.2) is 9.37 Å². The van der Waals surface area contributed by atoms with Gasteiger partial charge in [-0.1, -0.05) is 49.7 Å². The zero-order valence-corrected chi connectivity index (χ0v) is 18.9. The van der Waals surface area contributed by atoms with Crippen molar-refractivity contribution in [3.05, 3.63) is 95.6 Å². The molecule has 0 saturated carbocycles. The number of amides is 1. The normalized spacial score (nSPS) is 16.1. The van der Waals surface area contributed by atoms with Crippen LogP contribution >= 0.6 is 0 Å². The Morgan fingerprint density at radius 1 is 0.970 bits per heavy atom. The SMILES string of the molecule is CCCCc1ccc(N2CC(c3nc4ccccc4n3Cc3ccc(F)cc3)CC2=O)cc1. The van der Waals surface area contributed by atoms with Crippen LogP contribution in [0.5, 0.6) is 0 Å². The molecule has 2 heterocycles. The number of rotatable bonds is 7. The number of hydrogen-bond acceptors (Lipinski definition) is 2. The maximum absolute atomic E-state index is 13.4. The van der Waals surface area contributed by atoms with Crippen LogP contribution in [0.2, 0.25) is 0 Å². The minimum absolute atomic E-state index is 0.00474. The van der Waals surface area contributed by atoms with Crippen molar-refractivity contribution in [1.82, 2.24) is 9.55 Å². The lowest BCUT2D eigenvalue weighted by atomic mass is 10.1. The first-order chi connectivity index (χ1) is 16.1. The summed E-state index contributed by atoms with van der Waals surface area (Å²) in [4.78, 5) is 19.8. The van der Waals surface area contributed by atoms with Gasteiger partial charge in [0.05, 0.1) is 11.0 Å². The molecule has 1 aliphatic heterocycles. The predicted molar refractivity (Wildman–Crippen MR) is 130 cm³/mol. The third kappa shape index (κ3) is 4.40. The largest absolute Gasteiger partial charge is 0.323 e. The monoisotopic (exact) mass is 441 g/mol. The van der Waals surface area contributed by atoms with Gasteiger partial charge in [-0.15, -0.1) is 0 Å². The number of para-hydroxylation sites is 2. The minimum Gasteiger partial charge on any atom is -0.323 e. The Morgan fingerprint density at radius 3 is 2.45 bits per heavy atom. The summed E-state index contributed by atoms with van der Waals surface area (Å²) in [5.41, 5.74) is 5.21. The van der Waals surface area contributed by atoms with E-state index in [9.17, 15) is 9.18 Å². The van der Waals surface area contributed by atoms with Crippen molar-refractivity contribution >= 4 is 22.6 Å². The molecule has 4 aromatic rings. The van der Waals surface area contributed by atoms with Crippen molar-refractivity contribution in [2.24, 2.45) is 0 Å². The van der Waals surface area contributed by atoms with E-state index in [1.54, 1.807) is 12.1 Å². The fourth-order valence-electron chi connectivity index (χ4n) is 4.70. The van der Waals surface area contributed by atoms with Gasteiger partial charge < -0.3 is 9.47 Å². The van der Waals surface area contributed by atoms with E-state index in [1.165, 1.54) is 30.5 Å². The molecule has 1 atom stereocenters. The average molecular weight is 442 g/mol. The molecule has 1 aromatic heterocycles. The molecule has 0 aliphatic carbocycles. The Balaban J connectivity index is 1.43. The van der Waals surface area contributed by atoms with Crippen molar-refractivity contribution in [3.8, 4) is 0 Å². The summed E-state index contributed by atoms with van der Waals surface area (Å²) in [6, 6.07) is 23.0. The van der Waals surface area contributed by atoms with Crippen molar-refractivity contribution in [3.63, 3.8) is 0 Å². The van der Waals surface area contributed by atoms with Crippen molar-refractivity contribution in [2.45, 2.75) is 45.1 Å². The van der Waals surface area contributed by atoms with Crippen LogP contribution in [0.1, 0.15) is 49.1 Å². The van der Waals surface area contributed by atoms with Crippen molar-refractivity contribution in [1.29, 1.82) is 0 Å². The minimum atomic E-state index is -0.243. The van der Waals surface area contributed by atoms with E-state index in [0.717, 1.165) is 34.5 Å². The molecule has 5 heteroatoms. The number of anilines is 1. The summed E-state index contributed by atoms with van der Waals surface area (Å²) in [6.07, 6.45) is 3.85. The van der Waals surface area contributed by atoms with E-state index >= 15 is 0 Å². The van der Waals surface area contributed by atoms with Gasteiger partial charge in [0, 0.05) is 31.1 Å². The summed E-state index contributed by atoms with van der Waals surface area (Å²) in [7, 11) is 0. The van der Waals surface area contributed by atoms with E-state index in [1.807, 2.05) is 23.1 Å². The van der Waals surface area contributed by atoms with E-state index in [4.69, 9.17) is 4.98 Å². The number of imidazole rings is 1. The molecule has 1 amide bonds. The second kappa shape index (κ2) is 9.18. The highest BCUT2D eigenvalue weighted by Crippen LogP contribution is 2.33. The Morgan fingerprint density at radius 2 is 1.70 bits per heavy atom. The van der Waals surface area contributed by atoms with E-state index < -0.39 is 0 Å². The highest BCUT2D eigenvalue weighted by atomic mass is 19.1. The molecule has 1 fully saturated rings. The molecule has 3 aromatic carbocycles. The number of aryl methyl sites for hydroxylation is 1. The topological polar surface area (TPSA) is 38.1 Å². The Hall–Kier alpha value is -3.47. The van der Waals surface area contributed by atoms with Crippen LogP contribution in [-0.4, -0.2) is 22.0 Å². The fraction of sp³-hybridized carbons (Fsp3) is 0.286. The highest BCUT2D eigenvalue weighted by Gasteiger charge is 2.34. The first kappa shape index (κ1) is 21.4. The van der Waals surface area contributed by atoms with Gasteiger partial charge in [0.25, 0.3) is 0 Å². The molecule has 5 rings (SSSR count). The Bertz CT molecular complexity index is 1260. The summed E-state index contributed by atoms with van der Waals surface area (Å²) in [6.45, 7) is 3.40. The lowest BCUT2D eigenvalue weighted by molar-refractivity contribution is -0.117. The molecular weight excluding hydrogens is 413 g/mol. The van der Waals surface area contributed by atoms with Gasteiger partial charge in [0.1, 0.15) is 11.6 Å². The van der Waals surface area contributed by atoms with Crippen molar-refractivity contribution in [2.75, 3.05) is 11.4 Å². The number of benzene rings is 3. The molecule has 1 saturated heterocycles. The molecule has 0 spiro atoms. The van der Waals surface area contributed by atoms with Crippen LogP contribution in [0.25, 0.3) is 11.0 Å². The molecule has 4 nitrogen and oxygen atoms in total. The molecule has 168 valence electrons. The molecule has 33 heavy (non-hydrogen) atoms. The zero-order chi connectivity index (χ0) is 22.8. The van der Waals surface area contributed by atoms with Crippen LogP contribution in [0.3, 0.4) is 0 Å². The number of halogens is 1. The number of unbranched alkanes of at least 4 members (excludes halogenated alkanes) is 1. The van der Waals surface area contributed by atoms with Gasteiger partial charge in [-0.3, -0.25) is 4.79 Å². The molecule has 0 radical (unpaired) electrons. The molecular formula is C28H28FN3O. The van der Waals surface area contributed by atoms with Gasteiger partial charge in [-0.05, 0) is 60.4 Å². The number of carbonyl (C=O) groups excluding carboxylic acids is 1. The number of hydrogen-bond donors (Lipinski definition) is 0. The van der Waals surface area contributed by atoms with Crippen LogP contribution in [0.4, 0.5) is 10.1 Å². The standard InChI is InChI=1S/C28H28FN3O/c1-2-3-6-20-11-15-24(16-12-20)31-19-22(17-27(31)33)28-30-25-7-4-5-8-26(25)32(28)18-21-9-13-23(29)14-10-21/h4-5,7-16,22H,2-3,6,17-19H2,1H3. The number of nitrogens with zero attached hydrogens (tertiary/aromatic N) is 3. The van der Waals surface area contributed by atoms with Crippen molar-refractivity contribution < 1.29 is 9.18 Å². The van der Waals surface area contributed by atoms with E-state index in [0.29, 0.717) is 19.5 Å². The van der Waals surface area contributed by atoms with Gasteiger partial charge in [0.2, 0.25) is 5.91 Å². The van der Waals surface area contributed by atoms with Gasteiger partial charge in [0.15, 0.2) is 0 Å². The van der Waals surface area contributed by atoms with Crippen LogP contribution in [0, 0.1) is 5.82 Å². The second-order valence-electron chi connectivity index (χ2n) is 8.85. The summed E-state index contributed by atoms with van der Waals surface area (Å²) in [5, 5.41) is 0. The number of fused-ring (bicyclic) bond motifs is 1. The maximum Gasteiger partial charge on any atom is 0.227 e. The number of aromatic nitrogens is 2. The first-order valence-electron chi connectivity index (χ1n) is 11.7. The smallest absolute Gasteiger partial charge is 0.227 e. The number of carbonyl (C=O) groups is 1. The van der Waals surface area contributed by atoms with E-state index in [2.05, 4.69) is 41.8 Å². The quantitative estimate of drug-likeness (QED) is 0.348. The predicted octanol–water partition coefficient (Wildman–Crippen LogP) is 6.09. The fourth-order valence-corrected chi connectivity index (χ4v) is 4.70. The average Bonchev–Trinajstić information content (AvgIpc) is 3.40. The lowest BCUT2D eigenvalue weighted by Gasteiger charge is -2.18. The summed E-state index contributed by atoms with van der Waals surface area (Å²) < 4.78 is 15.6. The lowest BCUT2D eigenvalue weighted by Crippen LogP contribution is -2.24. The molecule has 1 unspecified atom stereocenters. The zero-order valence-electron chi connectivity index (χ0n) is 18.9. The molecule has 0 N–H and O–H groups in total. The Kier molecular flexibility index (Phi) is 5.95. The van der Waals surface area contributed by atoms with Crippen LogP contribution < -0.4 is 4.90 Å². The summed E-state index contributed by atoms with van der Waals surface area (Å²) >= 11 is 0. The second-order valence-corrected chi connectivity index (χ2v) is 8.85. The van der Waals surface area contributed by atoms with Crippen LogP contribution in [-0.2, 0) is 17.8 Å². The molecule has 0 bridgehead atoms. The van der Waals surface area contributed by atoms with E-state index in [-0.39, 0.29) is 17.6 Å². The van der Waals surface area contributed by atoms with Crippen LogP contribution in [0.15, 0.2) is 72.8 Å². The third-order valence-electron chi connectivity index (χ3n) is 6.50. The maximum atomic E-state index is 13.4. The highest BCUT2D eigenvalue weighted by molar-refractivity contribution is 5.96. The summed E-state index contributed by atoms with van der Waals surface area (Å²) in [5.74, 6) is 0.801. The Labute approximate surface area is 193 Å². The van der Waals surface area contributed by atoms with Gasteiger partial charge >= 0.3 is 0 Å². The third-order valence-corrected chi connectivity index (χ3v) is 6.50. The first-order valence-corrected chi connectivity index (χ1v) is 11.7.